The number of furan rings is 1. The second kappa shape index (κ2) is 4.72. The molecule has 3 nitrogen and oxygen atoms in total. The van der Waals surface area contributed by atoms with Crippen molar-refractivity contribution in [3.63, 3.8) is 0 Å². The number of rotatable bonds is 2. The maximum absolute atomic E-state index is 6.51. The van der Waals surface area contributed by atoms with Crippen molar-refractivity contribution >= 4 is 21.9 Å². The molecule has 0 aliphatic carbocycles. The van der Waals surface area contributed by atoms with Crippen LogP contribution in [-0.4, -0.2) is 4.98 Å². The molecule has 0 amide bonds. The van der Waals surface area contributed by atoms with Gasteiger partial charge in [-0.05, 0) is 23.8 Å². The molecule has 21 heavy (non-hydrogen) atoms. The van der Waals surface area contributed by atoms with E-state index in [4.69, 9.17) is 10.2 Å². The molecule has 1 unspecified atom stereocenters. The van der Waals surface area contributed by atoms with E-state index >= 15 is 0 Å². The van der Waals surface area contributed by atoms with Crippen LogP contribution in [0.4, 0.5) is 0 Å². The second-order valence-electron chi connectivity index (χ2n) is 5.08. The lowest BCUT2D eigenvalue weighted by atomic mass is 9.95. The quantitative estimate of drug-likeness (QED) is 0.600. The molecule has 0 saturated carbocycles. The number of hydrogen-bond donors (Lipinski definition) is 1. The lowest BCUT2D eigenvalue weighted by molar-refractivity contribution is 0.607. The highest BCUT2D eigenvalue weighted by Gasteiger charge is 2.17. The molecule has 0 bridgehead atoms. The Morgan fingerprint density at radius 1 is 0.857 bits per heavy atom. The summed E-state index contributed by atoms with van der Waals surface area (Å²) in [5.41, 5.74) is 10.4. The molecule has 3 heteroatoms. The lowest BCUT2D eigenvalue weighted by Gasteiger charge is -2.13. The lowest BCUT2D eigenvalue weighted by Crippen LogP contribution is -2.11. The number of fused-ring (bicyclic) bond motifs is 2. The Morgan fingerprint density at radius 2 is 1.71 bits per heavy atom. The molecule has 1 atom stereocenters. The molecule has 0 spiro atoms. The minimum absolute atomic E-state index is 0.235. The van der Waals surface area contributed by atoms with Gasteiger partial charge in [-0.15, -0.1) is 0 Å². The SMILES string of the molecule is NC(c1cccc2ncccc12)c1coc2ccccc12. The van der Waals surface area contributed by atoms with E-state index in [1.54, 1.807) is 12.5 Å². The molecule has 0 fully saturated rings. The van der Waals surface area contributed by atoms with E-state index in [9.17, 15) is 0 Å². The Hall–Kier alpha value is -2.65. The Balaban J connectivity index is 1.92. The maximum Gasteiger partial charge on any atom is 0.134 e. The van der Waals surface area contributed by atoms with Crippen molar-refractivity contribution in [1.29, 1.82) is 0 Å². The molecular formula is C18H14N2O. The van der Waals surface area contributed by atoms with Gasteiger partial charge in [0.25, 0.3) is 0 Å². The molecule has 0 aliphatic heterocycles. The smallest absolute Gasteiger partial charge is 0.134 e. The first-order chi connectivity index (χ1) is 10.3. The normalized spacial score (nSPS) is 12.8. The van der Waals surface area contributed by atoms with Gasteiger partial charge in [0, 0.05) is 22.5 Å². The van der Waals surface area contributed by atoms with E-state index < -0.39 is 0 Å². The number of para-hydroxylation sites is 1. The molecule has 0 radical (unpaired) electrons. The third kappa shape index (κ3) is 1.90. The van der Waals surface area contributed by atoms with Crippen molar-refractivity contribution < 1.29 is 4.42 Å². The molecule has 0 saturated heterocycles. The fourth-order valence-corrected chi connectivity index (χ4v) is 2.81. The third-order valence-electron chi connectivity index (χ3n) is 3.86. The minimum Gasteiger partial charge on any atom is -0.464 e. The maximum atomic E-state index is 6.51. The van der Waals surface area contributed by atoms with Gasteiger partial charge in [0.15, 0.2) is 0 Å². The highest BCUT2D eigenvalue weighted by molar-refractivity contribution is 5.86. The summed E-state index contributed by atoms with van der Waals surface area (Å²) in [7, 11) is 0. The molecule has 4 aromatic rings. The summed E-state index contributed by atoms with van der Waals surface area (Å²) in [6.45, 7) is 0. The van der Waals surface area contributed by atoms with Crippen LogP contribution in [0.15, 0.2) is 71.5 Å². The number of hydrogen-bond acceptors (Lipinski definition) is 3. The third-order valence-corrected chi connectivity index (χ3v) is 3.86. The van der Waals surface area contributed by atoms with Gasteiger partial charge in [0.2, 0.25) is 0 Å². The van der Waals surface area contributed by atoms with Crippen molar-refractivity contribution in [2.45, 2.75) is 6.04 Å². The van der Waals surface area contributed by atoms with E-state index in [0.717, 1.165) is 33.0 Å². The predicted octanol–water partition coefficient (Wildman–Crippen LogP) is 4.03. The summed E-state index contributed by atoms with van der Waals surface area (Å²) in [5.74, 6) is 0. The first-order valence-corrected chi connectivity index (χ1v) is 6.90. The predicted molar refractivity (Wildman–Crippen MR) is 84.0 cm³/mol. The van der Waals surface area contributed by atoms with Crippen LogP contribution < -0.4 is 5.73 Å². The van der Waals surface area contributed by atoms with Crippen LogP contribution in [-0.2, 0) is 0 Å². The Labute approximate surface area is 122 Å². The summed E-state index contributed by atoms with van der Waals surface area (Å²) in [4.78, 5) is 4.39. The Morgan fingerprint density at radius 3 is 2.67 bits per heavy atom. The summed E-state index contributed by atoms with van der Waals surface area (Å²) in [6.07, 6.45) is 3.55. The number of nitrogens with zero attached hydrogens (tertiary/aromatic N) is 1. The standard InChI is InChI=1S/C18H14N2O/c19-18(15-11-21-17-9-2-1-5-13(15)17)14-6-3-8-16-12(14)7-4-10-20-16/h1-11,18H,19H2. The highest BCUT2D eigenvalue weighted by Crippen LogP contribution is 2.31. The first kappa shape index (κ1) is 12.1. The van der Waals surface area contributed by atoms with Crippen LogP contribution in [0.1, 0.15) is 17.2 Å². The van der Waals surface area contributed by atoms with Crippen molar-refractivity contribution in [2.24, 2.45) is 5.73 Å². The number of benzene rings is 2. The molecule has 2 aromatic carbocycles. The number of pyridine rings is 1. The zero-order valence-corrected chi connectivity index (χ0v) is 11.4. The van der Waals surface area contributed by atoms with E-state index in [1.165, 1.54) is 0 Å². The van der Waals surface area contributed by atoms with Crippen molar-refractivity contribution in [1.82, 2.24) is 4.98 Å². The van der Waals surface area contributed by atoms with Gasteiger partial charge in [-0.1, -0.05) is 36.4 Å². The minimum atomic E-state index is -0.235. The highest BCUT2D eigenvalue weighted by atomic mass is 16.3. The fourth-order valence-electron chi connectivity index (χ4n) is 2.81. The molecule has 2 N–H and O–H groups in total. The van der Waals surface area contributed by atoms with Gasteiger partial charge in [-0.2, -0.15) is 0 Å². The summed E-state index contributed by atoms with van der Waals surface area (Å²) < 4.78 is 5.61. The number of aromatic nitrogens is 1. The van der Waals surface area contributed by atoms with Crippen LogP contribution in [0, 0.1) is 0 Å². The van der Waals surface area contributed by atoms with Gasteiger partial charge in [0.05, 0.1) is 17.8 Å². The van der Waals surface area contributed by atoms with Gasteiger partial charge >= 0.3 is 0 Å². The molecule has 102 valence electrons. The van der Waals surface area contributed by atoms with Gasteiger partial charge in [-0.25, -0.2) is 0 Å². The average Bonchev–Trinajstić information content (AvgIpc) is 2.98. The largest absolute Gasteiger partial charge is 0.464 e. The van der Waals surface area contributed by atoms with Crippen molar-refractivity contribution in [3.8, 4) is 0 Å². The molecular weight excluding hydrogens is 260 g/mol. The van der Waals surface area contributed by atoms with Gasteiger partial charge in [-0.3, -0.25) is 4.98 Å². The molecule has 2 aromatic heterocycles. The van der Waals surface area contributed by atoms with E-state index in [0.29, 0.717) is 0 Å². The van der Waals surface area contributed by atoms with Crippen molar-refractivity contribution in [2.75, 3.05) is 0 Å². The van der Waals surface area contributed by atoms with Crippen LogP contribution >= 0.6 is 0 Å². The Bertz CT molecular complexity index is 921. The first-order valence-electron chi connectivity index (χ1n) is 6.90. The second-order valence-corrected chi connectivity index (χ2v) is 5.08. The summed E-state index contributed by atoms with van der Waals surface area (Å²) in [5, 5.41) is 2.14. The van der Waals surface area contributed by atoms with Crippen molar-refractivity contribution in [3.05, 3.63) is 78.2 Å². The fraction of sp³-hybridized carbons (Fsp3) is 0.0556. The van der Waals surface area contributed by atoms with E-state index in [2.05, 4.69) is 17.1 Å². The topological polar surface area (TPSA) is 52.0 Å². The Kier molecular flexibility index (Phi) is 2.72. The summed E-state index contributed by atoms with van der Waals surface area (Å²) >= 11 is 0. The molecule has 4 rings (SSSR count). The van der Waals surface area contributed by atoms with E-state index in [1.807, 2.05) is 42.5 Å². The molecule has 2 heterocycles. The van der Waals surface area contributed by atoms with Gasteiger partial charge in [0.1, 0.15) is 5.58 Å². The molecule has 0 aliphatic rings. The van der Waals surface area contributed by atoms with Crippen LogP contribution in [0.2, 0.25) is 0 Å². The van der Waals surface area contributed by atoms with Crippen LogP contribution in [0.3, 0.4) is 0 Å². The monoisotopic (exact) mass is 274 g/mol. The average molecular weight is 274 g/mol. The van der Waals surface area contributed by atoms with E-state index in [-0.39, 0.29) is 6.04 Å². The summed E-state index contributed by atoms with van der Waals surface area (Å²) in [6, 6.07) is 17.8. The number of nitrogens with two attached hydrogens (primary N) is 1. The van der Waals surface area contributed by atoms with Gasteiger partial charge < -0.3 is 10.2 Å². The van der Waals surface area contributed by atoms with Crippen LogP contribution in [0.25, 0.3) is 21.9 Å². The zero-order valence-electron chi connectivity index (χ0n) is 11.4. The zero-order chi connectivity index (χ0) is 14.2. The van der Waals surface area contributed by atoms with Crippen LogP contribution in [0.5, 0.6) is 0 Å².